The lowest BCUT2D eigenvalue weighted by Gasteiger charge is -2.17. The smallest absolute Gasteiger partial charge is 0.238 e. The molecule has 1 aliphatic rings. The van der Waals surface area contributed by atoms with Gasteiger partial charge in [-0.2, -0.15) is 0 Å². The molecule has 1 fully saturated rings. The fraction of sp³-hybridized carbons (Fsp3) is 0.571. The van der Waals surface area contributed by atoms with Crippen LogP contribution in [0, 0.1) is 5.92 Å². The van der Waals surface area contributed by atoms with Crippen LogP contribution in [0.3, 0.4) is 0 Å². The molecule has 1 atom stereocenters. The van der Waals surface area contributed by atoms with E-state index in [0.717, 1.165) is 0 Å². The molecule has 4 nitrogen and oxygen atoms in total. The molecule has 0 aromatic heterocycles. The van der Waals surface area contributed by atoms with Gasteiger partial charge >= 0.3 is 0 Å². The van der Waals surface area contributed by atoms with E-state index in [1.54, 1.807) is 0 Å². The van der Waals surface area contributed by atoms with Gasteiger partial charge in [0.25, 0.3) is 0 Å². The summed E-state index contributed by atoms with van der Waals surface area (Å²) < 4.78 is 0. The summed E-state index contributed by atoms with van der Waals surface area (Å²) in [7, 11) is 0. The van der Waals surface area contributed by atoms with E-state index in [1.807, 2.05) is 0 Å². The SMILES string of the molecule is CC(=O)C1C(=O)CCNC1=O. The third kappa shape index (κ3) is 1.45. The molecule has 0 saturated carbocycles. The van der Waals surface area contributed by atoms with Crippen molar-refractivity contribution in [2.75, 3.05) is 6.54 Å². The van der Waals surface area contributed by atoms with E-state index in [-0.39, 0.29) is 18.0 Å². The van der Waals surface area contributed by atoms with Crippen molar-refractivity contribution in [2.45, 2.75) is 13.3 Å². The molecule has 0 aromatic rings. The van der Waals surface area contributed by atoms with Crippen LogP contribution in [0.5, 0.6) is 0 Å². The minimum absolute atomic E-state index is 0.263. The fourth-order valence-electron chi connectivity index (χ4n) is 1.11. The maximum Gasteiger partial charge on any atom is 0.238 e. The van der Waals surface area contributed by atoms with Gasteiger partial charge < -0.3 is 5.32 Å². The summed E-state index contributed by atoms with van der Waals surface area (Å²) in [5, 5.41) is 2.46. The highest BCUT2D eigenvalue weighted by Crippen LogP contribution is 2.07. The summed E-state index contributed by atoms with van der Waals surface area (Å²) in [5.41, 5.74) is 0. The second-order valence-corrected chi connectivity index (χ2v) is 2.55. The summed E-state index contributed by atoms with van der Waals surface area (Å²) in [4.78, 5) is 32.6. The van der Waals surface area contributed by atoms with Gasteiger partial charge in [0.2, 0.25) is 5.91 Å². The van der Waals surface area contributed by atoms with Crippen molar-refractivity contribution in [2.24, 2.45) is 5.92 Å². The van der Waals surface area contributed by atoms with Gasteiger partial charge in [-0.3, -0.25) is 14.4 Å². The molecule has 0 bridgehead atoms. The molecule has 1 unspecified atom stereocenters. The monoisotopic (exact) mass is 155 g/mol. The van der Waals surface area contributed by atoms with Crippen molar-refractivity contribution >= 4 is 17.5 Å². The maximum absolute atomic E-state index is 11.0. The zero-order chi connectivity index (χ0) is 8.43. The lowest BCUT2D eigenvalue weighted by Crippen LogP contribution is -2.45. The van der Waals surface area contributed by atoms with E-state index in [2.05, 4.69) is 5.32 Å². The molecule has 1 aliphatic heterocycles. The molecule has 11 heavy (non-hydrogen) atoms. The van der Waals surface area contributed by atoms with Crippen molar-refractivity contribution in [3.63, 3.8) is 0 Å². The Labute approximate surface area is 64.0 Å². The molecule has 1 rings (SSSR count). The minimum Gasteiger partial charge on any atom is -0.355 e. The van der Waals surface area contributed by atoms with E-state index in [9.17, 15) is 14.4 Å². The van der Waals surface area contributed by atoms with Crippen LogP contribution < -0.4 is 5.32 Å². The van der Waals surface area contributed by atoms with Crippen LogP contribution >= 0.6 is 0 Å². The van der Waals surface area contributed by atoms with Crippen LogP contribution in [0.15, 0.2) is 0 Å². The first-order valence-electron chi connectivity index (χ1n) is 3.44. The Morgan fingerprint density at radius 2 is 2.18 bits per heavy atom. The highest BCUT2D eigenvalue weighted by molar-refractivity contribution is 6.19. The molecule has 1 N–H and O–H groups in total. The lowest BCUT2D eigenvalue weighted by atomic mass is 9.94. The minimum atomic E-state index is -1.04. The molecule has 4 heteroatoms. The van der Waals surface area contributed by atoms with Gasteiger partial charge in [-0.05, 0) is 6.92 Å². The van der Waals surface area contributed by atoms with Crippen LogP contribution in [-0.4, -0.2) is 24.0 Å². The van der Waals surface area contributed by atoms with Gasteiger partial charge in [0.15, 0.2) is 11.7 Å². The Bertz CT molecular complexity index is 206. The van der Waals surface area contributed by atoms with Gasteiger partial charge in [-0.15, -0.1) is 0 Å². The molecular weight excluding hydrogens is 146 g/mol. The number of Topliss-reactive ketones (excluding diaryl/α,β-unsaturated/α-hetero) is 2. The Morgan fingerprint density at radius 1 is 1.55 bits per heavy atom. The van der Waals surface area contributed by atoms with Crippen LogP contribution in [0.25, 0.3) is 0 Å². The van der Waals surface area contributed by atoms with E-state index >= 15 is 0 Å². The first-order valence-corrected chi connectivity index (χ1v) is 3.44. The fourth-order valence-corrected chi connectivity index (χ4v) is 1.11. The Kier molecular flexibility index (Phi) is 2.03. The van der Waals surface area contributed by atoms with E-state index in [0.29, 0.717) is 6.54 Å². The van der Waals surface area contributed by atoms with Crippen molar-refractivity contribution in [3.8, 4) is 0 Å². The molecule has 1 amide bonds. The number of piperidine rings is 1. The van der Waals surface area contributed by atoms with E-state index in [4.69, 9.17) is 0 Å². The standard InChI is InChI=1S/C7H9NO3/c1-4(9)6-5(10)2-3-8-7(6)11/h6H,2-3H2,1H3,(H,8,11). The summed E-state index contributed by atoms with van der Waals surface area (Å²) in [6.07, 6.45) is 0.274. The summed E-state index contributed by atoms with van der Waals surface area (Å²) in [6.45, 7) is 1.62. The van der Waals surface area contributed by atoms with E-state index < -0.39 is 11.8 Å². The Morgan fingerprint density at radius 3 is 2.55 bits per heavy atom. The average molecular weight is 155 g/mol. The molecule has 0 aliphatic carbocycles. The zero-order valence-electron chi connectivity index (χ0n) is 6.22. The third-order valence-electron chi connectivity index (χ3n) is 1.66. The predicted octanol–water partition coefficient (Wildman–Crippen LogP) is -0.719. The number of hydrogen-bond acceptors (Lipinski definition) is 3. The largest absolute Gasteiger partial charge is 0.355 e. The number of rotatable bonds is 1. The normalized spacial score (nSPS) is 24.6. The highest BCUT2D eigenvalue weighted by Gasteiger charge is 2.33. The third-order valence-corrected chi connectivity index (χ3v) is 1.66. The number of nitrogens with one attached hydrogen (secondary N) is 1. The summed E-state index contributed by atoms with van der Waals surface area (Å²) in [5.74, 6) is -2.12. The number of carbonyl (C=O) groups is 3. The first kappa shape index (κ1) is 7.91. The Balaban J connectivity index is 2.79. The number of amides is 1. The van der Waals surface area contributed by atoms with Crippen LogP contribution in [0.2, 0.25) is 0 Å². The van der Waals surface area contributed by atoms with Gasteiger partial charge in [-0.1, -0.05) is 0 Å². The quantitative estimate of drug-likeness (QED) is 0.508. The lowest BCUT2D eigenvalue weighted by molar-refractivity contribution is -0.142. The second kappa shape index (κ2) is 2.82. The van der Waals surface area contributed by atoms with Gasteiger partial charge in [0.1, 0.15) is 5.78 Å². The number of ketones is 2. The van der Waals surface area contributed by atoms with Crippen molar-refractivity contribution in [3.05, 3.63) is 0 Å². The van der Waals surface area contributed by atoms with Crippen LogP contribution in [0.4, 0.5) is 0 Å². The molecule has 0 aromatic carbocycles. The van der Waals surface area contributed by atoms with Gasteiger partial charge in [-0.25, -0.2) is 0 Å². The van der Waals surface area contributed by atoms with Crippen LogP contribution in [-0.2, 0) is 14.4 Å². The maximum atomic E-state index is 11.0. The molecule has 60 valence electrons. The van der Waals surface area contributed by atoms with Crippen molar-refractivity contribution < 1.29 is 14.4 Å². The number of carbonyl (C=O) groups excluding carboxylic acids is 3. The zero-order valence-corrected chi connectivity index (χ0v) is 6.22. The van der Waals surface area contributed by atoms with Gasteiger partial charge in [0, 0.05) is 13.0 Å². The van der Waals surface area contributed by atoms with Crippen molar-refractivity contribution in [1.82, 2.24) is 5.32 Å². The molecule has 0 radical (unpaired) electrons. The van der Waals surface area contributed by atoms with Crippen molar-refractivity contribution in [1.29, 1.82) is 0 Å². The first-order chi connectivity index (χ1) is 5.13. The molecule has 1 heterocycles. The average Bonchev–Trinajstić information content (AvgIpc) is 1.85. The highest BCUT2D eigenvalue weighted by atomic mass is 16.2. The van der Waals surface area contributed by atoms with E-state index in [1.165, 1.54) is 6.92 Å². The topological polar surface area (TPSA) is 63.2 Å². The molecule has 1 saturated heterocycles. The number of hydrogen-bond donors (Lipinski definition) is 1. The summed E-state index contributed by atoms with van der Waals surface area (Å²) >= 11 is 0. The Hall–Kier alpha value is -1.19. The van der Waals surface area contributed by atoms with Crippen LogP contribution in [0.1, 0.15) is 13.3 Å². The second-order valence-electron chi connectivity index (χ2n) is 2.55. The summed E-state index contributed by atoms with van der Waals surface area (Å²) in [6, 6.07) is 0. The van der Waals surface area contributed by atoms with Gasteiger partial charge in [0.05, 0.1) is 0 Å². The molecule has 0 spiro atoms. The predicted molar refractivity (Wildman–Crippen MR) is 36.8 cm³/mol. The molecular formula is C7H9NO3.